The van der Waals surface area contributed by atoms with Crippen LogP contribution in [0.15, 0.2) is 59.8 Å². The van der Waals surface area contributed by atoms with Crippen molar-refractivity contribution in [2.24, 2.45) is 0 Å². The molecule has 0 saturated carbocycles. The Labute approximate surface area is 207 Å². The van der Waals surface area contributed by atoms with Crippen LogP contribution in [0.25, 0.3) is 22.6 Å². The van der Waals surface area contributed by atoms with Crippen LogP contribution in [0.4, 0.5) is 17.6 Å². The molecule has 3 aromatic heterocycles. The second kappa shape index (κ2) is 9.69. The number of carbonyl (C=O) groups is 1. The van der Waals surface area contributed by atoms with E-state index in [9.17, 15) is 30.8 Å². The number of sulfone groups is 1. The standard InChI is InChI=1S/C23H17F4N5O4S/c1-12(30-22(33)13-8-15(36-23(25,26)27)10-16(9-13)37(2,34)35)19-20(17-6-5-14(24)11-29-17)32-21-18(31-19)4-3-7-28-21/h3-12H,1-2H3,(H,30,33). The summed E-state index contributed by atoms with van der Waals surface area (Å²) in [6, 6.07) is 7.25. The molecule has 0 aliphatic rings. The van der Waals surface area contributed by atoms with Crippen LogP contribution in [-0.4, -0.2) is 46.9 Å². The van der Waals surface area contributed by atoms with E-state index in [1.165, 1.54) is 25.3 Å². The van der Waals surface area contributed by atoms with Crippen molar-refractivity contribution in [3.05, 3.63) is 71.9 Å². The highest BCUT2D eigenvalue weighted by atomic mass is 32.2. The molecule has 9 nitrogen and oxygen atoms in total. The molecule has 1 atom stereocenters. The Balaban J connectivity index is 1.74. The summed E-state index contributed by atoms with van der Waals surface area (Å²) in [4.78, 5) is 29.6. The average molecular weight is 535 g/mol. The minimum absolute atomic E-state index is 0.185. The molecule has 3 heterocycles. The van der Waals surface area contributed by atoms with Crippen molar-refractivity contribution in [1.82, 2.24) is 25.3 Å². The van der Waals surface area contributed by atoms with Crippen molar-refractivity contribution < 1.29 is 35.5 Å². The van der Waals surface area contributed by atoms with Crippen LogP contribution >= 0.6 is 0 Å². The second-order valence-corrected chi connectivity index (χ2v) is 9.89. The fraction of sp³-hybridized carbons (Fsp3) is 0.174. The molecule has 0 aliphatic carbocycles. The molecule has 1 amide bonds. The molecule has 4 rings (SSSR count). The van der Waals surface area contributed by atoms with Crippen molar-refractivity contribution >= 4 is 26.9 Å². The quantitative estimate of drug-likeness (QED) is 0.367. The molecule has 1 aromatic carbocycles. The summed E-state index contributed by atoms with van der Waals surface area (Å²) < 4.78 is 79.6. The maximum atomic E-state index is 13.4. The number of benzene rings is 1. The largest absolute Gasteiger partial charge is 0.573 e. The first-order chi connectivity index (χ1) is 17.3. The Morgan fingerprint density at radius 2 is 1.84 bits per heavy atom. The number of ether oxygens (including phenoxy) is 1. The SMILES string of the molecule is CC(NC(=O)c1cc(OC(F)(F)F)cc(S(C)(=O)=O)c1)c1nc2cccnc2nc1-c1ccc(F)cn1. The first-order valence-corrected chi connectivity index (χ1v) is 12.4. The van der Waals surface area contributed by atoms with Gasteiger partial charge in [0, 0.05) is 18.0 Å². The zero-order valence-corrected chi connectivity index (χ0v) is 19.9. The summed E-state index contributed by atoms with van der Waals surface area (Å²) in [5, 5.41) is 2.57. The van der Waals surface area contributed by atoms with E-state index in [1.807, 2.05) is 0 Å². The van der Waals surface area contributed by atoms with Gasteiger partial charge in [0.25, 0.3) is 5.91 Å². The molecule has 37 heavy (non-hydrogen) atoms. The summed E-state index contributed by atoms with van der Waals surface area (Å²) in [7, 11) is -3.98. The fourth-order valence-electron chi connectivity index (χ4n) is 3.37. The van der Waals surface area contributed by atoms with Gasteiger partial charge < -0.3 is 10.1 Å². The maximum Gasteiger partial charge on any atom is 0.573 e. The molecule has 0 spiro atoms. The summed E-state index contributed by atoms with van der Waals surface area (Å²) in [5.41, 5.74) is 0.873. The van der Waals surface area contributed by atoms with Gasteiger partial charge in [-0.25, -0.2) is 27.8 Å². The van der Waals surface area contributed by atoms with Crippen LogP contribution in [-0.2, 0) is 9.84 Å². The van der Waals surface area contributed by atoms with Crippen molar-refractivity contribution in [3.8, 4) is 17.1 Å². The predicted octanol–water partition coefficient (Wildman–Crippen LogP) is 4.02. The van der Waals surface area contributed by atoms with Crippen LogP contribution in [0.5, 0.6) is 5.75 Å². The third-order valence-electron chi connectivity index (χ3n) is 5.00. The lowest BCUT2D eigenvalue weighted by molar-refractivity contribution is -0.274. The molecule has 1 unspecified atom stereocenters. The van der Waals surface area contributed by atoms with Crippen molar-refractivity contribution in [3.63, 3.8) is 0 Å². The van der Waals surface area contributed by atoms with E-state index >= 15 is 0 Å². The van der Waals surface area contributed by atoms with Gasteiger partial charge in [0.2, 0.25) is 0 Å². The Morgan fingerprint density at radius 3 is 2.49 bits per heavy atom. The highest BCUT2D eigenvalue weighted by molar-refractivity contribution is 7.90. The van der Waals surface area contributed by atoms with Gasteiger partial charge in [-0.05, 0) is 49.4 Å². The zero-order valence-electron chi connectivity index (χ0n) is 19.1. The third-order valence-corrected chi connectivity index (χ3v) is 6.09. The van der Waals surface area contributed by atoms with Gasteiger partial charge in [-0.3, -0.25) is 9.78 Å². The van der Waals surface area contributed by atoms with Gasteiger partial charge >= 0.3 is 6.36 Å². The van der Waals surface area contributed by atoms with E-state index in [0.717, 1.165) is 24.6 Å². The number of hydrogen-bond donors (Lipinski definition) is 1. The van der Waals surface area contributed by atoms with Crippen molar-refractivity contribution in [2.75, 3.05) is 6.26 Å². The number of amides is 1. The number of nitrogens with one attached hydrogen (secondary N) is 1. The molecule has 0 radical (unpaired) electrons. The fourth-order valence-corrected chi connectivity index (χ4v) is 4.04. The first-order valence-electron chi connectivity index (χ1n) is 10.5. The molecular formula is C23H17F4N5O4S. The van der Waals surface area contributed by atoms with Crippen LogP contribution in [0, 0.1) is 5.82 Å². The number of halogens is 4. The summed E-state index contributed by atoms with van der Waals surface area (Å²) in [6.07, 6.45) is -1.85. The molecule has 4 aromatic rings. The van der Waals surface area contributed by atoms with Crippen LogP contribution in [0.1, 0.15) is 29.0 Å². The number of rotatable bonds is 6. The number of pyridine rings is 2. The molecule has 0 saturated heterocycles. The number of alkyl halides is 3. The minimum Gasteiger partial charge on any atom is -0.406 e. The van der Waals surface area contributed by atoms with E-state index in [2.05, 4.69) is 30.0 Å². The summed E-state index contributed by atoms with van der Waals surface area (Å²) in [6.45, 7) is 1.53. The predicted molar refractivity (Wildman–Crippen MR) is 123 cm³/mol. The number of aromatic nitrogens is 4. The highest BCUT2D eigenvalue weighted by Gasteiger charge is 2.32. The number of fused-ring (bicyclic) bond motifs is 1. The molecule has 0 bridgehead atoms. The number of nitrogens with zero attached hydrogens (tertiary/aromatic N) is 4. The number of carbonyl (C=O) groups excluding carboxylic acids is 1. The van der Waals surface area contributed by atoms with Gasteiger partial charge in [-0.2, -0.15) is 0 Å². The van der Waals surface area contributed by atoms with E-state index < -0.39 is 50.2 Å². The monoisotopic (exact) mass is 535 g/mol. The smallest absolute Gasteiger partial charge is 0.406 e. The van der Waals surface area contributed by atoms with E-state index in [-0.39, 0.29) is 22.7 Å². The summed E-state index contributed by atoms with van der Waals surface area (Å²) >= 11 is 0. The Hall–Kier alpha value is -4.20. The highest BCUT2D eigenvalue weighted by Crippen LogP contribution is 2.29. The molecule has 192 valence electrons. The molecular weight excluding hydrogens is 518 g/mol. The van der Waals surface area contributed by atoms with Crippen LogP contribution in [0.3, 0.4) is 0 Å². The molecule has 14 heteroatoms. The molecule has 1 N–H and O–H groups in total. The molecule has 0 aliphatic heterocycles. The lowest BCUT2D eigenvalue weighted by Crippen LogP contribution is -2.28. The first kappa shape index (κ1) is 25.9. The normalized spacial score (nSPS) is 12.8. The Morgan fingerprint density at radius 1 is 1.08 bits per heavy atom. The van der Waals surface area contributed by atoms with Gasteiger partial charge in [-0.15, -0.1) is 13.2 Å². The third kappa shape index (κ3) is 6.14. The lowest BCUT2D eigenvalue weighted by Gasteiger charge is -2.18. The van der Waals surface area contributed by atoms with Gasteiger partial charge in [-0.1, -0.05) is 0 Å². The van der Waals surface area contributed by atoms with E-state index in [4.69, 9.17) is 0 Å². The van der Waals surface area contributed by atoms with E-state index in [1.54, 1.807) is 12.1 Å². The van der Waals surface area contributed by atoms with Crippen molar-refractivity contribution in [1.29, 1.82) is 0 Å². The Kier molecular flexibility index (Phi) is 6.78. The topological polar surface area (TPSA) is 124 Å². The zero-order chi connectivity index (χ0) is 27.0. The van der Waals surface area contributed by atoms with Gasteiger partial charge in [0.05, 0.1) is 28.5 Å². The Bertz CT molecular complexity index is 1600. The van der Waals surface area contributed by atoms with Gasteiger partial charge in [0.1, 0.15) is 22.8 Å². The second-order valence-electron chi connectivity index (χ2n) is 7.87. The lowest BCUT2D eigenvalue weighted by atomic mass is 10.1. The van der Waals surface area contributed by atoms with Crippen LogP contribution < -0.4 is 10.1 Å². The minimum atomic E-state index is -5.11. The number of hydrogen-bond acceptors (Lipinski definition) is 8. The van der Waals surface area contributed by atoms with E-state index in [0.29, 0.717) is 11.6 Å². The molecule has 0 fully saturated rings. The summed E-state index contributed by atoms with van der Waals surface area (Å²) in [5.74, 6) is -2.36. The van der Waals surface area contributed by atoms with Crippen LogP contribution in [0.2, 0.25) is 0 Å². The maximum absolute atomic E-state index is 13.4. The average Bonchev–Trinajstić information content (AvgIpc) is 2.82. The van der Waals surface area contributed by atoms with Crippen molar-refractivity contribution in [2.45, 2.75) is 24.2 Å². The van der Waals surface area contributed by atoms with Gasteiger partial charge in [0.15, 0.2) is 15.5 Å².